The first kappa shape index (κ1) is 33.1. The van der Waals surface area contributed by atoms with Crippen LogP contribution in [0.3, 0.4) is 0 Å². The van der Waals surface area contributed by atoms with Gasteiger partial charge >= 0.3 is 6.09 Å². The van der Waals surface area contributed by atoms with Crippen LogP contribution < -0.4 is 9.64 Å². The fraction of sp³-hybridized carbons (Fsp3) is 0.553. The number of aliphatic hydroxyl groups is 1. The molecule has 3 fully saturated rings. The number of rotatable bonds is 9. The number of benzene rings is 2. The van der Waals surface area contributed by atoms with E-state index >= 15 is 0 Å². The normalized spacial score (nSPS) is 23.3. The number of aryl methyl sites for hydroxylation is 1. The molecule has 2 heterocycles. The van der Waals surface area contributed by atoms with Crippen LogP contribution in [0.2, 0.25) is 0 Å². The molecule has 3 aromatic rings. The van der Waals surface area contributed by atoms with Gasteiger partial charge in [0.1, 0.15) is 23.8 Å². The molecule has 6 rings (SSSR count). The number of hydrogen-bond acceptors (Lipinski definition) is 7. The number of nitrogens with zero attached hydrogens (tertiary/aromatic N) is 3. The van der Waals surface area contributed by atoms with E-state index in [0.717, 1.165) is 48.4 Å². The summed E-state index contributed by atoms with van der Waals surface area (Å²) in [6.45, 7) is 7.55. The van der Waals surface area contributed by atoms with Crippen LogP contribution in [0.1, 0.15) is 94.1 Å². The van der Waals surface area contributed by atoms with E-state index in [1.807, 2.05) is 23.1 Å². The Kier molecular flexibility index (Phi) is 10.2. The van der Waals surface area contributed by atoms with Gasteiger partial charge in [0.05, 0.1) is 26.3 Å². The lowest BCUT2D eigenvalue weighted by atomic mass is 9.78. The Balaban J connectivity index is 1.15. The second-order valence-corrected chi connectivity index (χ2v) is 14.1. The van der Waals surface area contributed by atoms with Crippen molar-refractivity contribution in [3.8, 4) is 17.0 Å². The second-order valence-electron chi connectivity index (χ2n) is 14.1. The predicted molar refractivity (Wildman–Crippen MR) is 181 cm³/mol. The van der Waals surface area contributed by atoms with Gasteiger partial charge in [-0.25, -0.2) is 9.78 Å². The van der Waals surface area contributed by atoms with Crippen molar-refractivity contribution in [1.29, 1.82) is 0 Å². The number of aromatic nitrogens is 1. The minimum Gasteiger partial charge on any atom is -0.496 e. The molecule has 2 amide bonds. The van der Waals surface area contributed by atoms with E-state index in [1.54, 1.807) is 13.4 Å². The van der Waals surface area contributed by atoms with Crippen molar-refractivity contribution >= 4 is 17.7 Å². The van der Waals surface area contributed by atoms with Gasteiger partial charge in [0.25, 0.3) is 0 Å². The summed E-state index contributed by atoms with van der Waals surface area (Å²) >= 11 is 0. The van der Waals surface area contributed by atoms with Gasteiger partial charge in [-0.05, 0) is 99.5 Å². The van der Waals surface area contributed by atoms with Crippen molar-refractivity contribution < 1.29 is 28.6 Å². The second kappa shape index (κ2) is 14.5. The standard InChI is InChI=1S/C38H49N3O6/c1-24(2)36-39-34(23-46-36)30-6-5-7-31(19-30)41(20-26-8-10-27(11-9-26)29-14-17-35(45-4)25(3)18-29)37(43)28-12-15-33(16-13-28)47-38(44)40-21-32(42)22-40/h5-7,14,17-19,23-24,26-28,32-33,42H,8-13,15-16,20-22H2,1-4H3/t26-,27-,28-,33-. The predicted octanol–water partition coefficient (Wildman–Crippen LogP) is 7.46. The zero-order valence-electron chi connectivity index (χ0n) is 28.2. The molecule has 1 aliphatic heterocycles. The Morgan fingerprint density at radius 1 is 1.02 bits per heavy atom. The molecule has 3 aliphatic rings. The number of oxazole rings is 1. The lowest BCUT2D eigenvalue weighted by molar-refractivity contribution is -0.124. The number of anilines is 1. The Morgan fingerprint density at radius 2 is 1.77 bits per heavy atom. The van der Waals surface area contributed by atoms with E-state index in [-0.39, 0.29) is 29.9 Å². The van der Waals surface area contributed by atoms with Crippen LogP contribution in [0.5, 0.6) is 5.75 Å². The molecular weight excluding hydrogens is 594 g/mol. The number of carbonyl (C=O) groups is 2. The van der Waals surface area contributed by atoms with Crippen LogP contribution in [-0.2, 0) is 9.53 Å². The van der Waals surface area contributed by atoms with Gasteiger partial charge in [-0.1, -0.05) is 38.1 Å². The highest BCUT2D eigenvalue weighted by atomic mass is 16.6. The monoisotopic (exact) mass is 643 g/mol. The number of carbonyl (C=O) groups excluding carboxylic acids is 2. The van der Waals surface area contributed by atoms with Gasteiger partial charge in [-0.3, -0.25) is 4.79 Å². The highest BCUT2D eigenvalue weighted by molar-refractivity contribution is 5.95. The maximum absolute atomic E-state index is 14.4. The molecule has 2 aromatic carbocycles. The Labute approximate surface area is 278 Å². The van der Waals surface area contributed by atoms with Crippen molar-refractivity contribution in [1.82, 2.24) is 9.88 Å². The molecule has 0 spiro atoms. The lowest BCUT2D eigenvalue weighted by Crippen LogP contribution is -2.54. The summed E-state index contributed by atoms with van der Waals surface area (Å²) < 4.78 is 16.9. The third-order valence-electron chi connectivity index (χ3n) is 10.3. The number of aliphatic hydroxyl groups excluding tert-OH is 1. The van der Waals surface area contributed by atoms with Gasteiger partial charge < -0.3 is 28.8 Å². The molecule has 0 atom stereocenters. The molecule has 2 saturated carbocycles. The number of amides is 2. The summed E-state index contributed by atoms with van der Waals surface area (Å²) in [5, 5.41) is 9.53. The van der Waals surface area contributed by atoms with Gasteiger partial charge in [0, 0.05) is 29.6 Å². The highest BCUT2D eigenvalue weighted by Gasteiger charge is 2.36. The fourth-order valence-electron chi connectivity index (χ4n) is 7.40. The molecule has 9 heteroatoms. The van der Waals surface area contributed by atoms with Crippen molar-refractivity contribution in [2.24, 2.45) is 11.8 Å². The molecule has 1 aromatic heterocycles. The van der Waals surface area contributed by atoms with Crippen molar-refractivity contribution in [2.75, 3.05) is 31.6 Å². The molecule has 9 nitrogen and oxygen atoms in total. The van der Waals surface area contributed by atoms with E-state index in [4.69, 9.17) is 18.9 Å². The molecule has 0 unspecified atom stereocenters. The van der Waals surface area contributed by atoms with Crippen LogP contribution in [0.15, 0.2) is 53.1 Å². The molecule has 0 bridgehead atoms. The number of likely N-dealkylation sites (tertiary alicyclic amines) is 1. The minimum absolute atomic E-state index is 0.127. The summed E-state index contributed by atoms with van der Waals surface area (Å²) in [7, 11) is 1.71. The van der Waals surface area contributed by atoms with E-state index in [9.17, 15) is 14.7 Å². The molecule has 0 radical (unpaired) electrons. The average molecular weight is 644 g/mol. The number of ether oxygens (including phenoxy) is 2. The van der Waals surface area contributed by atoms with Crippen LogP contribution in [-0.4, -0.2) is 65.9 Å². The Hall–Kier alpha value is -3.85. The molecule has 2 aliphatic carbocycles. The highest BCUT2D eigenvalue weighted by Crippen LogP contribution is 2.39. The van der Waals surface area contributed by atoms with Gasteiger partial charge in [-0.2, -0.15) is 0 Å². The molecule has 252 valence electrons. The zero-order valence-corrected chi connectivity index (χ0v) is 28.2. The number of hydrogen-bond donors (Lipinski definition) is 1. The molecular formula is C38H49N3O6. The third-order valence-corrected chi connectivity index (χ3v) is 10.3. The minimum atomic E-state index is -0.455. The zero-order chi connectivity index (χ0) is 33.1. The summed E-state index contributed by atoms with van der Waals surface area (Å²) in [5.41, 5.74) is 5.13. The fourth-order valence-corrected chi connectivity index (χ4v) is 7.40. The first-order valence-electron chi connectivity index (χ1n) is 17.3. The summed E-state index contributed by atoms with van der Waals surface area (Å²) in [4.78, 5) is 35.0. The van der Waals surface area contributed by atoms with E-state index in [1.165, 1.54) is 16.0 Å². The first-order valence-corrected chi connectivity index (χ1v) is 17.3. The smallest absolute Gasteiger partial charge is 0.410 e. The summed E-state index contributed by atoms with van der Waals surface area (Å²) in [6, 6.07) is 14.7. The summed E-state index contributed by atoms with van der Waals surface area (Å²) in [5.74, 6) is 2.75. The first-order chi connectivity index (χ1) is 22.7. The van der Waals surface area contributed by atoms with E-state index in [0.29, 0.717) is 63.0 Å². The van der Waals surface area contributed by atoms with E-state index in [2.05, 4.69) is 45.0 Å². The van der Waals surface area contributed by atoms with Gasteiger partial charge in [0.15, 0.2) is 5.89 Å². The van der Waals surface area contributed by atoms with Crippen LogP contribution in [0.25, 0.3) is 11.3 Å². The van der Waals surface area contributed by atoms with Crippen molar-refractivity contribution in [2.45, 2.75) is 96.2 Å². The van der Waals surface area contributed by atoms with Crippen LogP contribution in [0.4, 0.5) is 10.5 Å². The third kappa shape index (κ3) is 7.67. The lowest BCUT2D eigenvalue weighted by Gasteiger charge is -2.38. The Bertz CT molecular complexity index is 1530. The topological polar surface area (TPSA) is 105 Å². The van der Waals surface area contributed by atoms with Crippen LogP contribution in [0, 0.1) is 18.8 Å². The molecule has 1 saturated heterocycles. The van der Waals surface area contributed by atoms with Crippen molar-refractivity contribution in [3.63, 3.8) is 0 Å². The number of β-amino-alcohol motifs (C(OH)–C–C–N with tert-alkyl or cyclic N) is 1. The summed E-state index contributed by atoms with van der Waals surface area (Å²) in [6.07, 6.45) is 7.70. The van der Waals surface area contributed by atoms with Gasteiger partial charge in [0.2, 0.25) is 5.91 Å². The number of methoxy groups -OCH3 is 1. The van der Waals surface area contributed by atoms with E-state index < -0.39 is 6.10 Å². The quantitative estimate of drug-likeness (QED) is 0.258. The molecule has 1 N–H and O–H groups in total. The maximum Gasteiger partial charge on any atom is 0.410 e. The van der Waals surface area contributed by atoms with Crippen LogP contribution >= 0.6 is 0 Å². The maximum atomic E-state index is 14.4. The largest absolute Gasteiger partial charge is 0.496 e. The van der Waals surface area contributed by atoms with Crippen molar-refractivity contribution in [3.05, 3.63) is 65.7 Å². The SMILES string of the molecule is COc1ccc([C@H]2CC[C@H](CN(c3cccc(-c4coc(C(C)C)n4)c3)C(=O)[C@H]3CC[C@H](OC(=O)N4CC(O)C4)CC3)CC2)cc1C. The average Bonchev–Trinajstić information content (AvgIpc) is 3.57. The Morgan fingerprint density at radius 3 is 2.40 bits per heavy atom. The van der Waals surface area contributed by atoms with Gasteiger partial charge in [-0.15, -0.1) is 0 Å². The molecule has 47 heavy (non-hydrogen) atoms.